The van der Waals surface area contributed by atoms with Crippen molar-refractivity contribution in [3.05, 3.63) is 59.7 Å². The maximum Gasteiger partial charge on any atom is 0.242 e. The molecule has 0 saturated heterocycles. The van der Waals surface area contributed by atoms with Crippen LogP contribution in [-0.2, 0) is 16.1 Å². The van der Waals surface area contributed by atoms with Gasteiger partial charge in [-0.1, -0.05) is 50.1 Å². The molecule has 0 radical (unpaired) electrons. The molecule has 2 aromatic carbocycles. The van der Waals surface area contributed by atoms with Gasteiger partial charge in [-0.05, 0) is 56.0 Å². The van der Waals surface area contributed by atoms with Crippen molar-refractivity contribution >= 4 is 11.8 Å². The highest BCUT2D eigenvalue weighted by atomic mass is 16.5. The zero-order valence-corrected chi connectivity index (χ0v) is 20.4. The first-order valence-electron chi connectivity index (χ1n) is 11.9. The number of benzene rings is 2. The highest BCUT2D eigenvalue weighted by Crippen LogP contribution is 2.19. The van der Waals surface area contributed by atoms with Crippen molar-refractivity contribution in [2.75, 3.05) is 20.3 Å². The zero-order valence-electron chi connectivity index (χ0n) is 20.4. The number of hydrogen-bond acceptors (Lipinski definition) is 4. The lowest BCUT2D eigenvalue weighted by Crippen LogP contribution is -2.49. The van der Waals surface area contributed by atoms with Crippen molar-refractivity contribution in [1.29, 1.82) is 0 Å². The number of nitrogens with zero attached hydrogens (tertiary/aromatic N) is 1. The largest absolute Gasteiger partial charge is 0.497 e. The van der Waals surface area contributed by atoms with E-state index in [1.54, 1.807) is 12.0 Å². The van der Waals surface area contributed by atoms with E-state index in [4.69, 9.17) is 9.47 Å². The van der Waals surface area contributed by atoms with Crippen LogP contribution in [0.1, 0.15) is 57.1 Å². The molecule has 2 amide bonds. The predicted molar refractivity (Wildman–Crippen MR) is 131 cm³/mol. The van der Waals surface area contributed by atoms with Gasteiger partial charge in [-0.3, -0.25) is 9.59 Å². The van der Waals surface area contributed by atoms with E-state index >= 15 is 0 Å². The van der Waals surface area contributed by atoms with Crippen molar-refractivity contribution in [2.45, 2.75) is 65.5 Å². The molecule has 0 spiro atoms. The molecule has 0 fully saturated rings. The molecule has 33 heavy (non-hydrogen) atoms. The zero-order chi connectivity index (χ0) is 24.1. The Hall–Kier alpha value is -3.02. The molecule has 0 aliphatic heterocycles. The average Bonchev–Trinajstić information content (AvgIpc) is 2.83. The van der Waals surface area contributed by atoms with Gasteiger partial charge in [-0.25, -0.2) is 0 Å². The first-order valence-corrected chi connectivity index (χ1v) is 11.9. The molecule has 0 unspecified atom stereocenters. The van der Waals surface area contributed by atoms with Crippen LogP contribution in [0, 0.1) is 6.92 Å². The number of hydrogen-bond donors (Lipinski definition) is 1. The second kappa shape index (κ2) is 14.2. The Morgan fingerprint density at radius 1 is 1.03 bits per heavy atom. The second-order valence-corrected chi connectivity index (χ2v) is 8.21. The fraction of sp³-hybridized carbons (Fsp3) is 0.481. The van der Waals surface area contributed by atoms with E-state index in [9.17, 15) is 9.59 Å². The summed E-state index contributed by atoms with van der Waals surface area (Å²) in [5.41, 5.74) is 2.10. The summed E-state index contributed by atoms with van der Waals surface area (Å²) in [6, 6.07) is 15.0. The van der Waals surface area contributed by atoms with Gasteiger partial charge in [0.1, 0.15) is 17.5 Å². The number of ether oxygens (including phenoxy) is 2. The normalized spacial score (nSPS) is 11.5. The van der Waals surface area contributed by atoms with Crippen LogP contribution in [0.4, 0.5) is 0 Å². The van der Waals surface area contributed by atoms with Gasteiger partial charge in [0.2, 0.25) is 11.8 Å². The summed E-state index contributed by atoms with van der Waals surface area (Å²) >= 11 is 0. The Labute approximate surface area is 198 Å². The maximum absolute atomic E-state index is 13.3. The molecule has 0 aromatic heterocycles. The summed E-state index contributed by atoms with van der Waals surface area (Å²) in [6.07, 6.45) is 3.37. The molecule has 0 heterocycles. The molecule has 180 valence electrons. The number of carbonyl (C=O) groups excluding carboxylic acids is 2. The van der Waals surface area contributed by atoms with Crippen LogP contribution in [-0.4, -0.2) is 43.0 Å². The van der Waals surface area contributed by atoms with E-state index in [1.807, 2.05) is 62.4 Å². The number of amides is 2. The minimum absolute atomic E-state index is 0.0529. The highest BCUT2D eigenvalue weighted by molar-refractivity contribution is 5.87. The molecule has 0 aliphatic rings. The van der Waals surface area contributed by atoms with Crippen molar-refractivity contribution in [1.82, 2.24) is 10.2 Å². The summed E-state index contributed by atoms with van der Waals surface area (Å²) in [6.45, 7) is 7.48. The van der Waals surface area contributed by atoms with E-state index in [2.05, 4.69) is 12.2 Å². The Bertz CT molecular complexity index is 867. The van der Waals surface area contributed by atoms with E-state index in [-0.39, 0.29) is 11.8 Å². The number of unbranched alkanes of at least 4 members (excludes halogenated alkanes) is 1. The van der Waals surface area contributed by atoms with E-state index in [0.29, 0.717) is 39.0 Å². The summed E-state index contributed by atoms with van der Waals surface area (Å²) in [5, 5.41) is 2.99. The number of methoxy groups -OCH3 is 1. The smallest absolute Gasteiger partial charge is 0.242 e. The molecule has 1 atom stereocenters. The second-order valence-electron chi connectivity index (χ2n) is 8.21. The first-order chi connectivity index (χ1) is 16.0. The molecule has 1 N–H and O–H groups in total. The Balaban J connectivity index is 2.05. The fourth-order valence-electron chi connectivity index (χ4n) is 3.58. The van der Waals surface area contributed by atoms with Crippen LogP contribution in [0.15, 0.2) is 48.5 Å². The number of rotatable bonds is 14. The van der Waals surface area contributed by atoms with Gasteiger partial charge in [0, 0.05) is 19.5 Å². The summed E-state index contributed by atoms with van der Waals surface area (Å²) in [7, 11) is 1.62. The Morgan fingerprint density at radius 3 is 2.45 bits per heavy atom. The monoisotopic (exact) mass is 454 g/mol. The van der Waals surface area contributed by atoms with Crippen molar-refractivity contribution in [3.63, 3.8) is 0 Å². The van der Waals surface area contributed by atoms with Gasteiger partial charge in [0.15, 0.2) is 0 Å². The lowest BCUT2D eigenvalue weighted by molar-refractivity contribution is -0.141. The molecule has 6 heteroatoms. The fourth-order valence-corrected chi connectivity index (χ4v) is 3.58. The van der Waals surface area contributed by atoms with Crippen molar-refractivity contribution in [2.24, 2.45) is 0 Å². The number of nitrogens with one attached hydrogen (secondary N) is 1. The van der Waals surface area contributed by atoms with Crippen LogP contribution in [0.5, 0.6) is 11.5 Å². The quantitative estimate of drug-likeness (QED) is 0.413. The van der Waals surface area contributed by atoms with Crippen LogP contribution in [0.25, 0.3) is 0 Å². The SMILES string of the molecule is CCCCNC(=O)[C@H](CC)N(Cc1cccc(OC)c1)C(=O)CCCOc1ccc(C)cc1. The van der Waals surface area contributed by atoms with Gasteiger partial charge in [0.05, 0.1) is 13.7 Å². The predicted octanol–water partition coefficient (Wildman–Crippen LogP) is 4.89. The van der Waals surface area contributed by atoms with Crippen LogP contribution >= 0.6 is 0 Å². The van der Waals surface area contributed by atoms with Gasteiger partial charge in [-0.2, -0.15) is 0 Å². The molecule has 6 nitrogen and oxygen atoms in total. The summed E-state index contributed by atoms with van der Waals surface area (Å²) < 4.78 is 11.1. The summed E-state index contributed by atoms with van der Waals surface area (Å²) in [4.78, 5) is 27.8. The molecular formula is C27H38N2O4. The Kier molecular flexibility index (Phi) is 11.3. The highest BCUT2D eigenvalue weighted by Gasteiger charge is 2.28. The van der Waals surface area contributed by atoms with Gasteiger partial charge in [-0.15, -0.1) is 0 Å². The van der Waals surface area contributed by atoms with Crippen molar-refractivity contribution < 1.29 is 19.1 Å². The third kappa shape index (κ3) is 8.79. The van der Waals surface area contributed by atoms with Crippen LogP contribution < -0.4 is 14.8 Å². The minimum Gasteiger partial charge on any atom is -0.497 e. The minimum atomic E-state index is -0.515. The van der Waals surface area contributed by atoms with E-state index < -0.39 is 6.04 Å². The standard InChI is InChI=1S/C27H38N2O4/c1-5-7-17-28-27(31)25(6-2)29(20-22-10-8-11-24(19-22)32-4)26(30)12-9-18-33-23-15-13-21(3)14-16-23/h8,10-11,13-16,19,25H,5-7,9,12,17-18,20H2,1-4H3,(H,28,31)/t25-/m0/s1. The van der Waals surface area contributed by atoms with Crippen LogP contribution in [0.3, 0.4) is 0 Å². The number of carbonyl (C=O) groups is 2. The third-order valence-corrected chi connectivity index (χ3v) is 5.53. The van der Waals surface area contributed by atoms with E-state index in [1.165, 1.54) is 5.56 Å². The molecule has 2 aromatic rings. The van der Waals surface area contributed by atoms with Gasteiger partial charge < -0.3 is 19.7 Å². The van der Waals surface area contributed by atoms with E-state index in [0.717, 1.165) is 29.9 Å². The van der Waals surface area contributed by atoms with Gasteiger partial charge in [0.25, 0.3) is 0 Å². The molecule has 2 rings (SSSR count). The Morgan fingerprint density at radius 2 is 1.79 bits per heavy atom. The van der Waals surface area contributed by atoms with Crippen molar-refractivity contribution in [3.8, 4) is 11.5 Å². The first kappa shape index (κ1) is 26.2. The third-order valence-electron chi connectivity index (χ3n) is 5.53. The molecule has 0 aliphatic carbocycles. The van der Waals surface area contributed by atoms with Gasteiger partial charge >= 0.3 is 0 Å². The number of aryl methyl sites for hydroxylation is 1. The maximum atomic E-state index is 13.3. The lowest BCUT2D eigenvalue weighted by Gasteiger charge is -2.31. The molecule has 0 saturated carbocycles. The summed E-state index contributed by atoms with van der Waals surface area (Å²) in [5.74, 6) is 1.37. The molecular weight excluding hydrogens is 416 g/mol. The lowest BCUT2D eigenvalue weighted by atomic mass is 10.1. The van der Waals surface area contributed by atoms with Crippen LogP contribution in [0.2, 0.25) is 0 Å². The topological polar surface area (TPSA) is 67.9 Å². The molecule has 0 bridgehead atoms. The average molecular weight is 455 g/mol.